The number of hydrogen-bond donors (Lipinski definition) is 11. The fraction of sp³-hybridized carbons (Fsp3) is 0.475. The molecule has 0 fully saturated rings. The van der Waals surface area contributed by atoms with Crippen LogP contribution in [0.5, 0.6) is 0 Å². The second-order valence-electron chi connectivity index (χ2n) is 21.3. The van der Waals surface area contributed by atoms with Gasteiger partial charge in [0, 0.05) is 55.5 Å². The zero-order chi connectivity index (χ0) is 69.7. The number of thioether (sulfide) groups is 1. The smallest absolute Gasteiger partial charge is 0.305 e. The van der Waals surface area contributed by atoms with Crippen LogP contribution < -0.4 is 53.1 Å². The number of pyridine rings is 1. The standard InChI is InChI=1S/C59H74FN15O16S4/c1-7-93-94-30-45(69-55(87)43(26-49(81)82)68-57(89)50(31(2)3)72-52(84)40(15-16-47(77)78)66-54(86)42(25-48(79)80)63-34(6)76)56(88)67-41(23-37-28-75(74-73-37)19-22-90-21-17-60)53(85)65-35-12-14-39-46(24-35)95-59(70-39)58-71-44(29-92-58)51(83)62-18-8-20-91-33(5)10-13-38-32(4)9-11-36(27-61)64-38/h9-14,24,28,31,40-45,50H,4,7-8,15-23,25-26,29-30H2,1-3,5-6H3,(H,62,83)(H,63,76)(H,65,85)(H,66,86)(H,67,88)(H,68,89)(H,69,87)(H,72,84)(H,77,78)(H,79,80)(H,81,82)/b33-10+,38-13+/t40-,41?,42-,43-,44+,45?,50-/m0/s1. The summed E-state index contributed by atoms with van der Waals surface area (Å²) in [6.45, 7) is 11.5. The summed E-state index contributed by atoms with van der Waals surface area (Å²) in [7, 11) is 2.45. The molecule has 0 saturated heterocycles. The van der Waals surface area contributed by atoms with Crippen molar-refractivity contribution in [2.45, 2.75) is 122 Å². The third-order valence-electron chi connectivity index (χ3n) is 13.3. The number of allylic oxidation sites excluding steroid dienone is 2. The number of halogens is 1. The molecule has 95 heavy (non-hydrogen) atoms. The molecule has 0 bridgehead atoms. The maximum Gasteiger partial charge on any atom is 0.305 e. The summed E-state index contributed by atoms with van der Waals surface area (Å²) in [6.07, 6.45) is 1.90. The van der Waals surface area contributed by atoms with Crippen LogP contribution in [0, 0.1) is 17.2 Å². The number of benzene rings is 1. The first-order chi connectivity index (χ1) is 45.3. The Balaban J connectivity index is 1.30. The van der Waals surface area contributed by atoms with Gasteiger partial charge in [0.05, 0.1) is 66.2 Å². The summed E-state index contributed by atoms with van der Waals surface area (Å²) in [6, 6.07) is -0.387. The van der Waals surface area contributed by atoms with E-state index in [0.717, 1.165) is 17.7 Å². The van der Waals surface area contributed by atoms with Crippen LogP contribution in [0.3, 0.4) is 0 Å². The number of fused-ring (bicyclic) bond motifs is 1. The zero-order valence-corrected chi connectivity index (χ0v) is 55.6. The summed E-state index contributed by atoms with van der Waals surface area (Å²) < 4.78 is 25.7. The Morgan fingerprint density at radius 1 is 0.821 bits per heavy atom. The van der Waals surface area contributed by atoms with Gasteiger partial charge in [-0.15, -0.1) is 28.2 Å². The van der Waals surface area contributed by atoms with Crippen LogP contribution in [0.1, 0.15) is 83.1 Å². The lowest BCUT2D eigenvalue weighted by molar-refractivity contribution is -0.142. The van der Waals surface area contributed by atoms with Crippen molar-refractivity contribution in [3.05, 3.63) is 75.3 Å². The molecule has 36 heteroatoms. The van der Waals surface area contributed by atoms with Crippen LogP contribution in [0.2, 0.25) is 0 Å². The molecule has 512 valence electrons. The van der Waals surface area contributed by atoms with E-state index in [1.54, 1.807) is 49.4 Å². The van der Waals surface area contributed by atoms with Gasteiger partial charge in [0.2, 0.25) is 47.3 Å². The molecule has 1 aliphatic rings. The first kappa shape index (κ1) is 76.7. The van der Waals surface area contributed by atoms with Crippen LogP contribution in [-0.2, 0) is 75.2 Å². The van der Waals surface area contributed by atoms with Crippen molar-refractivity contribution in [2.24, 2.45) is 10.9 Å². The predicted molar refractivity (Wildman–Crippen MR) is 351 cm³/mol. The molecule has 4 heterocycles. The minimum atomic E-state index is -1.92. The number of aliphatic carboxylic acids is 3. The number of ether oxygens (including phenoxy) is 2. The summed E-state index contributed by atoms with van der Waals surface area (Å²) in [5.41, 5.74) is 1.31. The Morgan fingerprint density at radius 2 is 1.49 bits per heavy atom. The quantitative estimate of drug-likeness (QED) is 0.0162. The highest BCUT2D eigenvalue weighted by Crippen LogP contribution is 2.31. The van der Waals surface area contributed by atoms with Crippen molar-refractivity contribution >= 4 is 143 Å². The van der Waals surface area contributed by atoms with Gasteiger partial charge >= 0.3 is 17.9 Å². The fourth-order valence-electron chi connectivity index (χ4n) is 8.61. The second kappa shape index (κ2) is 39.0. The minimum absolute atomic E-state index is 0.0763. The van der Waals surface area contributed by atoms with Crippen molar-refractivity contribution in [3.63, 3.8) is 0 Å². The number of aliphatic imine (C=N–C) groups is 1. The molecule has 0 spiro atoms. The minimum Gasteiger partial charge on any atom is -0.498 e. The first-order valence-electron chi connectivity index (χ1n) is 29.6. The van der Waals surface area contributed by atoms with Crippen molar-refractivity contribution < 1.29 is 81.9 Å². The van der Waals surface area contributed by atoms with Crippen LogP contribution in [0.25, 0.3) is 22.9 Å². The van der Waals surface area contributed by atoms with Crippen LogP contribution >= 0.6 is 44.7 Å². The zero-order valence-electron chi connectivity index (χ0n) is 52.3. The van der Waals surface area contributed by atoms with Gasteiger partial charge in [-0.3, -0.25) is 57.7 Å². The van der Waals surface area contributed by atoms with Gasteiger partial charge in [-0.05, 0) is 67.3 Å². The van der Waals surface area contributed by atoms with E-state index in [-0.39, 0.29) is 54.9 Å². The van der Waals surface area contributed by atoms with Crippen molar-refractivity contribution in [1.82, 2.24) is 62.2 Å². The number of carboxylic acid groups (broad SMARTS) is 3. The van der Waals surface area contributed by atoms with E-state index in [4.69, 9.17) is 19.7 Å². The Hall–Kier alpha value is -9.05. The maximum atomic E-state index is 14.5. The highest BCUT2D eigenvalue weighted by Gasteiger charge is 2.36. The number of carbonyl (C=O) groups excluding carboxylic acids is 8. The lowest BCUT2D eigenvalue weighted by atomic mass is 10.0. The molecule has 1 aromatic carbocycles. The molecular weight excluding hydrogens is 1320 g/mol. The average Bonchev–Trinajstić information content (AvgIpc) is 1.66. The number of hydrogen-bond acceptors (Lipinski definition) is 23. The summed E-state index contributed by atoms with van der Waals surface area (Å²) in [5.74, 6) is -11.3. The molecule has 31 nitrogen and oxygen atoms in total. The molecular formula is C59H74FN15O16S4. The third kappa shape index (κ3) is 26.0. The van der Waals surface area contributed by atoms with Crippen molar-refractivity contribution in [2.75, 3.05) is 55.6 Å². The number of carbonyl (C=O) groups is 11. The molecule has 0 aliphatic carbocycles. The Kier molecular flexibility index (Phi) is 31.4. The summed E-state index contributed by atoms with van der Waals surface area (Å²) in [5, 5.41) is 68.2. The molecule has 3 aromatic heterocycles. The van der Waals surface area contributed by atoms with E-state index in [9.17, 15) is 72.4 Å². The van der Waals surface area contributed by atoms with Crippen molar-refractivity contribution in [3.8, 4) is 6.07 Å². The summed E-state index contributed by atoms with van der Waals surface area (Å²) >= 11 is 2.62. The topological polar surface area (TPSA) is 456 Å². The third-order valence-corrected chi connectivity index (χ3v) is 18.0. The molecule has 0 saturated carbocycles. The molecule has 1 aliphatic heterocycles. The number of nitriles is 1. The van der Waals surface area contributed by atoms with E-state index >= 15 is 0 Å². The van der Waals surface area contributed by atoms with Crippen LogP contribution in [0.4, 0.5) is 10.1 Å². The lowest BCUT2D eigenvalue weighted by Crippen LogP contribution is -2.61. The number of thiazole rings is 1. The molecule has 8 amide bonds. The molecule has 0 radical (unpaired) electrons. The summed E-state index contributed by atoms with van der Waals surface area (Å²) in [4.78, 5) is 158. The highest BCUT2D eigenvalue weighted by molar-refractivity contribution is 8.76. The number of nitrogens with one attached hydrogen (secondary N) is 8. The van der Waals surface area contributed by atoms with Crippen LogP contribution in [0.15, 0.2) is 53.4 Å². The van der Waals surface area contributed by atoms with Gasteiger partial charge in [-0.2, -0.15) is 5.26 Å². The normalized spacial score (nSPS) is 15.0. The SMILES string of the molecule is C=c1ccc(C#N)n/c1=C/C=C(\C)OCCCNC(=O)[C@H]1CSC(c2nc3ccc(NC(=O)C(Cc4cn(CCOCCF)nn4)NC(=O)C(CSSCC)NC(=O)[C@H](CC(=O)O)NC(=O)[C@@H](NC(=O)[C@H](CCC(=O)O)NC(=O)[C@H](CC(=O)O)NC(C)=O)C(C)C)cc3s2)=N1. The Bertz CT molecular complexity index is 3640. The van der Waals surface area contributed by atoms with Gasteiger partial charge in [-0.1, -0.05) is 60.2 Å². The van der Waals surface area contributed by atoms with Crippen LogP contribution in [-0.4, -0.2) is 203 Å². The lowest BCUT2D eigenvalue weighted by Gasteiger charge is -2.28. The van der Waals surface area contributed by atoms with E-state index in [0.29, 0.717) is 67.7 Å². The van der Waals surface area contributed by atoms with Gasteiger partial charge in [0.15, 0.2) is 0 Å². The van der Waals surface area contributed by atoms with Gasteiger partial charge < -0.3 is 67.3 Å². The largest absolute Gasteiger partial charge is 0.498 e. The average molecular weight is 1400 g/mol. The number of rotatable bonds is 40. The number of anilines is 1. The molecule has 2 unspecified atom stereocenters. The predicted octanol–water partition coefficient (Wildman–Crippen LogP) is 0.302. The van der Waals surface area contributed by atoms with E-state index < -0.39 is 140 Å². The Labute approximate surface area is 559 Å². The van der Waals surface area contributed by atoms with E-state index in [1.807, 2.05) is 13.0 Å². The number of alkyl halides is 1. The first-order valence-corrected chi connectivity index (χ1v) is 33.9. The second-order valence-corrected chi connectivity index (χ2v) is 26.1. The molecule has 7 atom stereocenters. The monoisotopic (exact) mass is 1400 g/mol. The van der Waals surface area contributed by atoms with Crippen molar-refractivity contribution in [1.29, 1.82) is 5.26 Å². The van der Waals surface area contributed by atoms with E-state index in [1.165, 1.54) is 58.6 Å². The Morgan fingerprint density at radius 3 is 2.16 bits per heavy atom. The van der Waals surface area contributed by atoms with Gasteiger partial charge in [0.25, 0.3) is 0 Å². The molecule has 11 N–H and O–H groups in total. The molecule has 5 rings (SSSR count). The van der Waals surface area contributed by atoms with Gasteiger partial charge in [-0.25, -0.2) is 19.0 Å². The van der Waals surface area contributed by atoms with E-state index in [2.05, 4.69) is 69.4 Å². The highest BCUT2D eigenvalue weighted by atomic mass is 33.1. The fourth-order valence-corrected chi connectivity index (χ4v) is 12.6. The number of aromatic nitrogens is 5. The number of carboxylic acids is 3. The maximum absolute atomic E-state index is 14.5. The number of amides is 8. The number of nitrogens with zero attached hydrogens (tertiary/aromatic N) is 7. The van der Waals surface area contributed by atoms with Gasteiger partial charge in [0.1, 0.15) is 70.8 Å². The molecule has 4 aromatic rings.